The molecule has 4 heteroatoms. The van der Waals surface area contributed by atoms with Gasteiger partial charge in [0, 0.05) is 5.92 Å². The third kappa shape index (κ3) is 1.96. The second kappa shape index (κ2) is 4.04. The fraction of sp³-hybridized carbons (Fsp3) is 0.333. The maximum Gasteiger partial charge on any atom is 0.314 e. The molecule has 1 aliphatic heterocycles. The first-order valence-corrected chi connectivity index (χ1v) is 5.06. The Kier molecular flexibility index (Phi) is 2.73. The molecule has 1 fully saturated rings. The van der Waals surface area contributed by atoms with E-state index in [1.807, 2.05) is 0 Å². The summed E-state index contributed by atoms with van der Waals surface area (Å²) in [5.41, 5.74) is 1.21. The standard InChI is InChI=1S/C12H11FO3/c1-7-9(3-2-4-10(7)13)8-5-11(14)16-12(15)6-8/h2-4,8H,5-6H2,1H3. The highest BCUT2D eigenvalue weighted by molar-refractivity contribution is 5.89. The van der Waals surface area contributed by atoms with Crippen molar-refractivity contribution in [3.05, 3.63) is 35.1 Å². The summed E-state index contributed by atoms with van der Waals surface area (Å²) in [4.78, 5) is 22.2. The van der Waals surface area contributed by atoms with Crippen LogP contribution in [-0.4, -0.2) is 11.9 Å². The molecule has 0 amide bonds. The molecule has 0 spiro atoms. The summed E-state index contributed by atoms with van der Waals surface area (Å²) in [6.07, 6.45) is 0.270. The highest BCUT2D eigenvalue weighted by atomic mass is 19.1. The van der Waals surface area contributed by atoms with Gasteiger partial charge < -0.3 is 4.74 Å². The molecule has 84 valence electrons. The average Bonchev–Trinajstić information content (AvgIpc) is 2.20. The van der Waals surface area contributed by atoms with Crippen LogP contribution >= 0.6 is 0 Å². The van der Waals surface area contributed by atoms with Gasteiger partial charge in [0.1, 0.15) is 5.82 Å². The van der Waals surface area contributed by atoms with Crippen molar-refractivity contribution in [1.82, 2.24) is 0 Å². The van der Waals surface area contributed by atoms with Crippen molar-refractivity contribution in [1.29, 1.82) is 0 Å². The third-order valence-electron chi connectivity index (χ3n) is 2.80. The van der Waals surface area contributed by atoms with Gasteiger partial charge in [-0.2, -0.15) is 0 Å². The van der Waals surface area contributed by atoms with Gasteiger partial charge >= 0.3 is 11.9 Å². The lowest BCUT2D eigenvalue weighted by Crippen LogP contribution is -2.24. The van der Waals surface area contributed by atoms with Gasteiger partial charge in [0.15, 0.2) is 0 Å². The number of hydrogen-bond acceptors (Lipinski definition) is 3. The van der Waals surface area contributed by atoms with Gasteiger partial charge in [0.05, 0.1) is 12.8 Å². The molecule has 0 aliphatic carbocycles. The van der Waals surface area contributed by atoms with Crippen LogP contribution in [0.2, 0.25) is 0 Å². The van der Waals surface area contributed by atoms with Crippen molar-refractivity contribution in [2.75, 3.05) is 0 Å². The molecule has 1 aromatic carbocycles. The van der Waals surface area contributed by atoms with E-state index in [4.69, 9.17) is 0 Å². The highest BCUT2D eigenvalue weighted by Crippen LogP contribution is 2.31. The van der Waals surface area contributed by atoms with Crippen LogP contribution in [0.25, 0.3) is 0 Å². The second-order valence-electron chi connectivity index (χ2n) is 3.91. The zero-order chi connectivity index (χ0) is 11.7. The van der Waals surface area contributed by atoms with Crippen molar-refractivity contribution in [3.63, 3.8) is 0 Å². The number of ether oxygens (including phenoxy) is 1. The van der Waals surface area contributed by atoms with Crippen LogP contribution in [0.15, 0.2) is 18.2 Å². The minimum Gasteiger partial charge on any atom is -0.393 e. The first-order valence-electron chi connectivity index (χ1n) is 5.06. The lowest BCUT2D eigenvalue weighted by Gasteiger charge is -2.21. The zero-order valence-electron chi connectivity index (χ0n) is 8.83. The monoisotopic (exact) mass is 222 g/mol. The Morgan fingerprint density at radius 2 is 1.88 bits per heavy atom. The molecule has 16 heavy (non-hydrogen) atoms. The number of benzene rings is 1. The molecule has 0 bridgehead atoms. The Balaban J connectivity index is 2.33. The molecule has 1 saturated heterocycles. The van der Waals surface area contributed by atoms with E-state index in [0.29, 0.717) is 11.1 Å². The molecule has 1 aromatic rings. The average molecular weight is 222 g/mol. The molecule has 1 heterocycles. The number of rotatable bonds is 1. The quantitative estimate of drug-likeness (QED) is 0.539. The number of halogens is 1. The van der Waals surface area contributed by atoms with Gasteiger partial charge in [-0.15, -0.1) is 0 Å². The number of hydrogen-bond donors (Lipinski definition) is 0. The van der Waals surface area contributed by atoms with E-state index in [2.05, 4.69) is 4.74 Å². The lowest BCUT2D eigenvalue weighted by atomic mass is 9.88. The molecule has 0 unspecified atom stereocenters. The third-order valence-corrected chi connectivity index (χ3v) is 2.80. The van der Waals surface area contributed by atoms with E-state index in [1.54, 1.807) is 19.1 Å². The van der Waals surface area contributed by atoms with E-state index >= 15 is 0 Å². The first kappa shape index (κ1) is 10.8. The predicted molar refractivity (Wildman–Crippen MR) is 54.2 cm³/mol. The normalized spacial score (nSPS) is 17.4. The first-order chi connectivity index (χ1) is 7.58. The van der Waals surface area contributed by atoms with Crippen LogP contribution in [0.5, 0.6) is 0 Å². The maximum atomic E-state index is 13.3. The van der Waals surface area contributed by atoms with Crippen LogP contribution in [0.1, 0.15) is 29.9 Å². The number of carbonyl (C=O) groups excluding carboxylic acids is 2. The molecule has 1 aliphatic rings. The van der Waals surface area contributed by atoms with Crippen molar-refractivity contribution < 1.29 is 18.7 Å². The lowest BCUT2D eigenvalue weighted by molar-refractivity contribution is -0.163. The number of carbonyl (C=O) groups is 2. The minimum absolute atomic E-state index is 0.135. The van der Waals surface area contributed by atoms with E-state index in [9.17, 15) is 14.0 Å². The molecule has 3 nitrogen and oxygen atoms in total. The number of cyclic esters (lactones) is 2. The van der Waals surface area contributed by atoms with Crippen molar-refractivity contribution >= 4 is 11.9 Å². The smallest absolute Gasteiger partial charge is 0.314 e. The Labute approximate surface area is 92.2 Å². The van der Waals surface area contributed by atoms with E-state index in [0.717, 1.165) is 0 Å². The molecule has 0 radical (unpaired) electrons. The van der Waals surface area contributed by atoms with Crippen LogP contribution in [-0.2, 0) is 14.3 Å². The van der Waals surface area contributed by atoms with Crippen LogP contribution in [0.3, 0.4) is 0 Å². The minimum atomic E-state index is -0.537. The summed E-state index contributed by atoms with van der Waals surface area (Å²) in [7, 11) is 0. The Morgan fingerprint density at radius 1 is 1.25 bits per heavy atom. The zero-order valence-corrected chi connectivity index (χ0v) is 8.83. The SMILES string of the molecule is Cc1c(F)cccc1C1CC(=O)OC(=O)C1. The number of esters is 2. The molecule has 0 aromatic heterocycles. The molecule has 2 rings (SSSR count). The largest absolute Gasteiger partial charge is 0.393 e. The van der Waals surface area contributed by atoms with Crippen LogP contribution in [0, 0.1) is 12.7 Å². The topological polar surface area (TPSA) is 43.4 Å². The van der Waals surface area contributed by atoms with Crippen molar-refractivity contribution in [2.45, 2.75) is 25.7 Å². The fourth-order valence-corrected chi connectivity index (χ4v) is 1.97. The van der Waals surface area contributed by atoms with E-state index in [1.165, 1.54) is 6.07 Å². The van der Waals surface area contributed by atoms with Gasteiger partial charge in [-0.05, 0) is 24.1 Å². The molecule has 0 saturated carbocycles. The Bertz CT molecular complexity index is 438. The molecular weight excluding hydrogens is 211 g/mol. The van der Waals surface area contributed by atoms with Gasteiger partial charge in [0.25, 0.3) is 0 Å². The van der Waals surface area contributed by atoms with E-state index < -0.39 is 11.9 Å². The van der Waals surface area contributed by atoms with Gasteiger partial charge in [-0.25, -0.2) is 4.39 Å². The molecule has 0 N–H and O–H groups in total. The molecule has 0 atom stereocenters. The van der Waals surface area contributed by atoms with Crippen LogP contribution in [0.4, 0.5) is 4.39 Å². The van der Waals surface area contributed by atoms with Crippen molar-refractivity contribution in [3.8, 4) is 0 Å². The summed E-state index contributed by atoms with van der Waals surface area (Å²) < 4.78 is 17.8. The van der Waals surface area contributed by atoms with Gasteiger partial charge in [-0.1, -0.05) is 12.1 Å². The summed E-state index contributed by atoms with van der Waals surface area (Å²) >= 11 is 0. The summed E-state index contributed by atoms with van der Waals surface area (Å²) in [6.45, 7) is 1.65. The van der Waals surface area contributed by atoms with Crippen LogP contribution < -0.4 is 0 Å². The summed E-state index contributed by atoms with van der Waals surface area (Å²) in [5.74, 6) is -1.65. The van der Waals surface area contributed by atoms with E-state index in [-0.39, 0.29) is 24.6 Å². The summed E-state index contributed by atoms with van der Waals surface area (Å²) in [6, 6.07) is 4.69. The maximum absolute atomic E-state index is 13.3. The Morgan fingerprint density at radius 3 is 2.50 bits per heavy atom. The van der Waals surface area contributed by atoms with Gasteiger partial charge in [0.2, 0.25) is 0 Å². The van der Waals surface area contributed by atoms with Crippen molar-refractivity contribution in [2.24, 2.45) is 0 Å². The van der Waals surface area contributed by atoms with Gasteiger partial charge in [-0.3, -0.25) is 9.59 Å². The predicted octanol–water partition coefficient (Wildman–Crippen LogP) is 2.08. The molecular formula is C12H11FO3. The fourth-order valence-electron chi connectivity index (χ4n) is 1.97. The highest BCUT2D eigenvalue weighted by Gasteiger charge is 2.29. The Hall–Kier alpha value is -1.71. The second-order valence-corrected chi connectivity index (χ2v) is 3.91. The summed E-state index contributed by atoms with van der Waals surface area (Å²) in [5, 5.41) is 0.